The van der Waals surface area contributed by atoms with Crippen LogP contribution in [0.1, 0.15) is 15.9 Å². The Kier molecular flexibility index (Phi) is 3.17. The van der Waals surface area contributed by atoms with E-state index in [0.29, 0.717) is 4.47 Å². The third-order valence-electron chi connectivity index (χ3n) is 1.73. The lowest BCUT2D eigenvalue weighted by Crippen LogP contribution is -2.15. The minimum Gasteiger partial charge on any atom is -0.324 e. The molecule has 13 heavy (non-hydrogen) atoms. The number of ketones is 1. The number of hydrogen-bond acceptors (Lipinski definition) is 2. The molecule has 1 rings (SSSR count). The van der Waals surface area contributed by atoms with E-state index in [2.05, 4.69) is 15.9 Å². The number of Topliss-reactive ketones (excluding diaryl/α,β-unsaturated/α-hetero) is 1. The van der Waals surface area contributed by atoms with Gasteiger partial charge in [-0.25, -0.2) is 4.39 Å². The molecule has 0 heterocycles. The standard InChI is InChI=1S/C9H9BrFNO/c1-5-2-8(11)6(3-7(5)10)9(13)4-12/h2-3H,4,12H2,1H3. The number of carbonyl (C=O) groups excluding carboxylic acids is 1. The smallest absolute Gasteiger partial charge is 0.179 e. The minimum atomic E-state index is -0.517. The molecule has 0 amide bonds. The summed E-state index contributed by atoms with van der Waals surface area (Å²) in [5.74, 6) is -0.908. The maximum absolute atomic E-state index is 13.2. The van der Waals surface area contributed by atoms with E-state index >= 15 is 0 Å². The van der Waals surface area contributed by atoms with Crippen LogP contribution in [-0.4, -0.2) is 12.3 Å². The molecule has 0 atom stereocenters. The highest BCUT2D eigenvalue weighted by Gasteiger charge is 2.11. The van der Waals surface area contributed by atoms with Gasteiger partial charge in [0.15, 0.2) is 5.78 Å². The molecular formula is C9H9BrFNO. The SMILES string of the molecule is Cc1cc(F)c(C(=O)CN)cc1Br. The van der Waals surface area contributed by atoms with Crippen molar-refractivity contribution in [2.75, 3.05) is 6.54 Å². The molecule has 0 aliphatic rings. The Hall–Kier alpha value is -0.740. The van der Waals surface area contributed by atoms with E-state index in [1.807, 2.05) is 0 Å². The van der Waals surface area contributed by atoms with Crippen molar-refractivity contribution in [2.24, 2.45) is 5.73 Å². The molecule has 4 heteroatoms. The zero-order valence-corrected chi connectivity index (χ0v) is 8.69. The highest BCUT2D eigenvalue weighted by molar-refractivity contribution is 9.10. The van der Waals surface area contributed by atoms with Gasteiger partial charge in [0.2, 0.25) is 0 Å². The zero-order chi connectivity index (χ0) is 10.0. The maximum Gasteiger partial charge on any atom is 0.179 e. The summed E-state index contributed by atoms with van der Waals surface area (Å²) in [6.07, 6.45) is 0. The van der Waals surface area contributed by atoms with Crippen molar-refractivity contribution in [3.63, 3.8) is 0 Å². The lowest BCUT2D eigenvalue weighted by Gasteiger charge is -2.03. The molecule has 0 spiro atoms. The monoisotopic (exact) mass is 245 g/mol. The van der Waals surface area contributed by atoms with Crippen LogP contribution in [0.3, 0.4) is 0 Å². The molecule has 0 saturated carbocycles. The largest absolute Gasteiger partial charge is 0.324 e. The molecule has 0 saturated heterocycles. The van der Waals surface area contributed by atoms with Crippen LogP contribution in [0, 0.1) is 12.7 Å². The van der Waals surface area contributed by atoms with E-state index < -0.39 is 11.6 Å². The lowest BCUT2D eigenvalue weighted by molar-refractivity contribution is 0.0997. The second kappa shape index (κ2) is 3.98. The number of benzene rings is 1. The van der Waals surface area contributed by atoms with Gasteiger partial charge in [-0.05, 0) is 24.6 Å². The second-order valence-electron chi connectivity index (χ2n) is 2.71. The third kappa shape index (κ3) is 2.14. The van der Waals surface area contributed by atoms with Gasteiger partial charge in [0.05, 0.1) is 12.1 Å². The van der Waals surface area contributed by atoms with Crippen LogP contribution in [0.25, 0.3) is 0 Å². The first kappa shape index (κ1) is 10.3. The molecule has 1 aromatic rings. The molecule has 0 aromatic heterocycles. The van der Waals surface area contributed by atoms with Crippen molar-refractivity contribution in [3.8, 4) is 0 Å². The maximum atomic E-state index is 13.2. The van der Waals surface area contributed by atoms with Crippen molar-refractivity contribution in [2.45, 2.75) is 6.92 Å². The minimum absolute atomic E-state index is 0.0416. The number of nitrogens with two attached hydrogens (primary N) is 1. The highest BCUT2D eigenvalue weighted by atomic mass is 79.9. The average Bonchev–Trinajstić information content (AvgIpc) is 2.10. The van der Waals surface area contributed by atoms with Crippen LogP contribution in [0.4, 0.5) is 4.39 Å². The van der Waals surface area contributed by atoms with Gasteiger partial charge in [0.1, 0.15) is 5.82 Å². The van der Waals surface area contributed by atoms with Gasteiger partial charge in [0.25, 0.3) is 0 Å². The normalized spacial score (nSPS) is 10.2. The third-order valence-corrected chi connectivity index (χ3v) is 2.59. The summed E-state index contributed by atoms with van der Waals surface area (Å²) >= 11 is 3.22. The number of hydrogen-bond donors (Lipinski definition) is 1. The molecule has 0 aliphatic carbocycles. The summed E-state index contributed by atoms with van der Waals surface area (Å²) in [6, 6.07) is 2.77. The summed E-state index contributed by atoms with van der Waals surface area (Å²) in [5, 5.41) is 0. The molecule has 0 fully saturated rings. The Labute approximate surface area is 84.1 Å². The van der Waals surface area contributed by atoms with Crippen LogP contribution in [-0.2, 0) is 0 Å². The number of rotatable bonds is 2. The summed E-state index contributed by atoms with van der Waals surface area (Å²) < 4.78 is 13.9. The van der Waals surface area contributed by atoms with Gasteiger partial charge < -0.3 is 5.73 Å². The number of aryl methyl sites for hydroxylation is 1. The average molecular weight is 246 g/mol. The molecule has 1 aromatic carbocycles. The molecule has 0 radical (unpaired) electrons. The molecule has 0 aliphatic heterocycles. The van der Waals surface area contributed by atoms with Crippen LogP contribution in [0.5, 0.6) is 0 Å². The summed E-state index contributed by atoms with van der Waals surface area (Å²) in [4.78, 5) is 11.1. The van der Waals surface area contributed by atoms with Gasteiger partial charge in [-0.1, -0.05) is 15.9 Å². The summed E-state index contributed by atoms with van der Waals surface area (Å²) in [6.45, 7) is 1.58. The fourth-order valence-corrected chi connectivity index (χ4v) is 1.31. The van der Waals surface area contributed by atoms with Gasteiger partial charge >= 0.3 is 0 Å². The van der Waals surface area contributed by atoms with E-state index in [9.17, 15) is 9.18 Å². The van der Waals surface area contributed by atoms with E-state index in [1.165, 1.54) is 12.1 Å². The molecule has 2 N–H and O–H groups in total. The van der Waals surface area contributed by atoms with Crippen LogP contribution < -0.4 is 5.73 Å². The first-order chi connectivity index (χ1) is 6.06. The van der Waals surface area contributed by atoms with Crippen molar-refractivity contribution in [1.82, 2.24) is 0 Å². The van der Waals surface area contributed by atoms with Crippen molar-refractivity contribution in [3.05, 3.63) is 33.5 Å². The van der Waals surface area contributed by atoms with E-state index in [4.69, 9.17) is 5.73 Å². The van der Waals surface area contributed by atoms with Crippen molar-refractivity contribution in [1.29, 1.82) is 0 Å². The van der Waals surface area contributed by atoms with E-state index in [-0.39, 0.29) is 12.1 Å². The fraction of sp³-hybridized carbons (Fsp3) is 0.222. The summed E-state index contributed by atoms with van der Waals surface area (Å²) in [5.41, 5.74) is 5.93. The van der Waals surface area contributed by atoms with E-state index in [1.54, 1.807) is 6.92 Å². The Morgan fingerprint density at radius 1 is 1.62 bits per heavy atom. The number of carbonyl (C=O) groups is 1. The lowest BCUT2D eigenvalue weighted by atomic mass is 10.1. The van der Waals surface area contributed by atoms with Gasteiger partial charge in [-0.2, -0.15) is 0 Å². The number of halogens is 2. The van der Waals surface area contributed by atoms with Crippen LogP contribution in [0.15, 0.2) is 16.6 Å². The topological polar surface area (TPSA) is 43.1 Å². The quantitative estimate of drug-likeness (QED) is 0.811. The van der Waals surface area contributed by atoms with Gasteiger partial charge in [0, 0.05) is 4.47 Å². The van der Waals surface area contributed by atoms with E-state index in [0.717, 1.165) is 5.56 Å². The molecule has 0 unspecified atom stereocenters. The second-order valence-corrected chi connectivity index (χ2v) is 3.56. The molecule has 0 bridgehead atoms. The molecule has 2 nitrogen and oxygen atoms in total. The zero-order valence-electron chi connectivity index (χ0n) is 7.10. The Bertz CT molecular complexity index is 352. The molecular weight excluding hydrogens is 237 g/mol. The Morgan fingerprint density at radius 2 is 2.23 bits per heavy atom. The summed E-state index contributed by atoms with van der Waals surface area (Å²) in [7, 11) is 0. The predicted octanol–water partition coefficient (Wildman–Crippen LogP) is 2.04. The first-order valence-corrected chi connectivity index (χ1v) is 4.54. The first-order valence-electron chi connectivity index (χ1n) is 3.75. The van der Waals surface area contributed by atoms with Crippen LogP contribution >= 0.6 is 15.9 Å². The molecule has 70 valence electrons. The van der Waals surface area contributed by atoms with Crippen molar-refractivity contribution < 1.29 is 9.18 Å². The van der Waals surface area contributed by atoms with Crippen molar-refractivity contribution >= 4 is 21.7 Å². The fourth-order valence-electron chi connectivity index (χ4n) is 0.970. The Balaban J connectivity index is 3.23. The van der Waals surface area contributed by atoms with Crippen LogP contribution in [0.2, 0.25) is 0 Å². The Morgan fingerprint density at radius 3 is 2.77 bits per heavy atom. The van der Waals surface area contributed by atoms with Gasteiger partial charge in [-0.3, -0.25) is 4.79 Å². The van der Waals surface area contributed by atoms with Gasteiger partial charge in [-0.15, -0.1) is 0 Å². The highest BCUT2D eigenvalue weighted by Crippen LogP contribution is 2.20. The predicted molar refractivity (Wildman–Crippen MR) is 52.2 cm³/mol.